The van der Waals surface area contributed by atoms with Gasteiger partial charge in [0.25, 0.3) is 5.91 Å². The first-order valence-electron chi connectivity index (χ1n) is 9.07. The fourth-order valence-corrected chi connectivity index (χ4v) is 3.12. The van der Waals surface area contributed by atoms with Crippen molar-refractivity contribution in [3.8, 4) is 11.4 Å². The van der Waals surface area contributed by atoms with Gasteiger partial charge in [-0.15, -0.1) is 0 Å². The summed E-state index contributed by atoms with van der Waals surface area (Å²) < 4.78 is 8.26. The van der Waals surface area contributed by atoms with E-state index in [0.29, 0.717) is 23.9 Å². The molecule has 1 atom stereocenters. The second-order valence-electron chi connectivity index (χ2n) is 6.12. The minimum absolute atomic E-state index is 0.0652. The molecule has 1 aromatic heterocycles. The van der Waals surface area contributed by atoms with E-state index in [0.717, 1.165) is 11.3 Å². The standard InChI is InChI=1S/C22H23ClN2O2/c1-3-24(4-2)22(26)21(17-11-13-18(23)14-12-17)27-20-10-6-5-9-19(20)25-15-7-8-16-25/h5-16,21H,3-4H2,1-2H3. The highest BCUT2D eigenvalue weighted by atomic mass is 35.5. The molecule has 1 unspecified atom stereocenters. The van der Waals surface area contributed by atoms with Crippen molar-refractivity contribution in [1.29, 1.82) is 0 Å². The largest absolute Gasteiger partial charge is 0.474 e. The van der Waals surface area contributed by atoms with Crippen molar-refractivity contribution in [2.75, 3.05) is 13.1 Å². The van der Waals surface area contributed by atoms with Crippen molar-refractivity contribution in [1.82, 2.24) is 9.47 Å². The highest BCUT2D eigenvalue weighted by Gasteiger charge is 2.27. The molecule has 2 aromatic carbocycles. The van der Waals surface area contributed by atoms with Crippen molar-refractivity contribution >= 4 is 17.5 Å². The first kappa shape index (κ1) is 19.1. The maximum atomic E-state index is 13.2. The van der Waals surface area contributed by atoms with Crippen LogP contribution in [-0.4, -0.2) is 28.5 Å². The fourth-order valence-electron chi connectivity index (χ4n) is 2.99. The third-order valence-electron chi connectivity index (χ3n) is 4.46. The van der Waals surface area contributed by atoms with Crippen molar-refractivity contribution < 1.29 is 9.53 Å². The molecule has 0 bridgehead atoms. The number of halogens is 1. The summed E-state index contributed by atoms with van der Waals surface area (Å²) in [5.41, 5.74) is 1.66. The zero-order valence-corrected chi connectivity index (χ0v) is 16.3. The maximum Gasteiger partial charge on any atom is 0.268 e. The second kappa shape index (κ2) is 8.78. The number of hydrogen-bond acceptors (Lipinski definition) is 2. The van der Waals surface area contributed by atoms with Crippen LogP contribution in [0.15, 0.2) is 73.1 Å². The third kappa shape index (κ3) is 4.34. The van der Waals surface area contributed by atoms with Crippen molar-refractivity contribution in [2.45, 2.75) is 20.0 Å². The Morgan fingerprint density at radius 2 is 1.63 bits per heavy atom. The van der Waals surface area contributed by atoms with Gasteiger partial charge in [-0.25, -0.2) is 0 Å². The molecule has 4 nitrogen and oxygen atoms in total. The molecule has 3 aromatic rings. The van der Waals surface area contributed by atoms with Crippen LogP contribution in [0, 0.1) is 0 Å². The van der Waals surface area contributed by atoms with E-state index < -0.39 is 6.10 Å². The van der Waals surface area contributed by atoms with Crippen LogP contribution in [0.5, 0.6) is 5.75 Å². The van der Waals surface area contributed by atoms with E-state index in [2.05, 4.69) is 0 Å². The molecule has 0 spiro atoms. The van der Waals surface area contributed by atoms with Crippen LogP contribution >= 0.6 is 11.6 Å². The Labute approximate surface area is 164 Å². The Morgan fingerprint density at radius 3 is 2.26 bits per heavy atom. The minimum Gasteiger partial charge on any atom is -0.474 e. The summed E-state index contributed by atoms with van der Waals surface area (Å²) in [5, 5.41) is 0.625. The Bertz CT molecular complexity index is 872. The predicted octanol–water partition coefficient (Wildman–Crippen LogP) is 5.12. The zero-order valence-electron chi connectivity index (χ0n) is 15.5. The van der Waals surface area contributed by atoms with Crippen molar-refractivity contribution in [3.63, 3.8) is 0 Å². The molecule has 1 heterocycles. The summed E-state index contributed by atoms with van der Waals surface area (Å²) in [6.07, 6.45) is 3.16. The number of carbonyl (C=O) groups excluding carboxylic acids is 1. The van der Waals surface area contributed by atoms with Gasteiger partial charge in [-0.3, -0.25) is 4.79 Å². The molecule has 1 amide bonds. The Morgan fingerprint density at radius 1 is 1.00 bits per heavy atom. The number of amides is 1. The Hall–Kier alpha value is -2.72. The number of ether oxygens (including phenoxy) is 1. The average molecular weight is 383 g/mol. The van der Waals surface area contributed by atoms with Gasteiger partial charge in [0.15, 0.2) is 0 Å². The molecule has 27 heavy (non-hydrogen) atoms. The summed E-state index contributed by atoms with van der Waals surface area (Å²) >= 11 is 6.03. The number of aromatic nitrogens is 1. The van der Waals surface area contributed by atoms with Crippen LogP contribution in [0.3, 0.4) is 0 Å². The van der Waals surface area contributed by atoms with Crippen molar-refractivity contribution in [3.05, 3.63) is 83.6 Å². The molecule has 0 radical (unpaired) electrons. The SMILES string of the molecule is CCN(CC)C(=O)C(Oc1ccccc1-n1cccc1)c1ccc(Cl)cc1. The number of para-hydroxylation sites is 2. The van der Waals surface area contributed by atoms with Gasteiger partial charge < -0.3 is 14.2 Å². The quantitative estimate of drug-likeness (QED) is 0.568. The molecular weight excluding hydrogens is 360 g/mol. The summed E-state index contributed by atoms with van der Waals surface area (Å²) in [6, 6.07) is 18.8. The van der Waals surface area contributed by atoms with E-state index in [-0.39, 0.29) is 5.91 Å². The summed E-state index contributed by atoms with van der Waals surface area (Å²) in [7, 11) is 0. The van der Waals surface area contributed by atoms with Gasteiger partial charge in [0.1, 0.15) is 5.75 Å². The first-order chi connectivity index (χ1) is 13.1. The second-order valence-corrected chi connectivity index (χ2v) is 6.55. The van der Waals surface area contributed by atoms with E-state index >= 15 is 0 Å². The molecule has 5 heteroatoms. The highest BCUT2D eigenvalue weighted by Crippen LogP contribution is 2.30. The van der Waals surface area contributed by atoms with Gasteiger partial charge in [-0.2, -0.15) is 0 Å². The topological polar surface area (TPSA) is 34.5 Å². The van der Waals surface area contributed by atoms with E-state index in [1.165, 1.54) is 0 Å². The summed E-state index contributed by atoms with van der Waals surface area (Å²) in [5.74, 6) is 0.582. The molecule has 0 saturated carbocycles. The number of hydrogen-bond donors (Lipinski definition) is 0. The zero-order chi connectivity index (χ0) is 19.2. The normalized spacial score (nSPS) is 11.8. The lowest BCUT2D eigenvalue weighted by atomic mass is 10.1. The first-order valence-corrected chi connectivity index (χ1v) is 9.45. The molecule has 3 rings (SSSR count). The molecule has 0 aliphatic carbocycles. The van der Waals surface area contributed by atoms with E-state index in [1.807, 2.05) is 79.3 Å². The van der Waals surface area contributed by atoms with Crippen molar-refractivity contribution in [2.24, 2.45) is 0 Å². The van der Waals surface area contributed by atoms with Gasteiger partial charge in [0.05, 0.1) is 5.69 Å². The number of benzene rings is 2. The number of likely N-dealkylation sites (N-methyl/N-ethyl adjacent to an activating group) is 1. The van der Waals surface area contributed by atoms with E-state index in [9.17, 15) is 4.79 Å². The Balaban J connectivity index is 2.00. The van der Waals surface area contributed by atoms with Crippen LogP contribution in [-0.2, 0) is 4.79 Å². The molecule has 0 aliphatic rings. The average Bonchev–Trinajstić information content (AvgIpc) is 3.23. The van der Waals surface area contributed by atoms with E-state index in [1.54, 1.807) is 17.0 Å². The van der Waals surface area contributed by atoms with Gasteiger partial charge in [0.2, 0.25) is 6.10 Å². The third-order valence-corrected chi connectivity index (χ3v) is 4.72. The molecule has 0 fully saturated rings. The number of carbonyl (C=O) groups is 1. The van der Waals surface area contributed by atoms with Gasteiger partial charge in [-0.1, -0.05) is 35.9 Å². The van der Waals surface area contributed by atoms with Gasteiger partial charge in [-0.05, 0) is 50.2 Å². The highest BCUT2D eigenvalue weighted by molar-refractivity contribution is 6.30. The molecule has 0 N–H and O–H groups in total. The minimum atomic E-state index is -0.737. The smallest absolute Gasteiger partial charge is 0.268 e. The molecular formula is C22H23ClN2O2. The maximum absolute atomic E-state index is 13.2. The summed E-state index contributed by atoms with van der Waals surface area (Å²) in [6.45, 7) is 5.19. The molecule has 0 saturated heterocycles. The van der Waals surface area contributed by atoms with Gasteiger partial charge >= 0.3 is 0 Å². The Kier molecular flexibility index (Phi) is 6.20. The van der Waals surface area contributed by atoms with Crippen LogP contribution in [0.4, 0.5) is 0 Å². The number of rotatable bonds is 7. The van der Waals surface area contributed by atoms with Crippen LogP contribution in [0.2, 0.25) is 5.02 Å². The van der Waals surface area contributed by atoms with Crippen LogP contribution < -0.4 is 4.74 Å². The fraction of sp³-hybridized carbons (Fsp3) is 0.227. The lowest BCUT2D eigenvalue weighted by Crippen LogP contribution is -2.37. The van der Waals surface area contributed by atoms with E-state index in [4.69, 9.17) is 16.3 Å². The lowest BCUT2D eigenvalue weighted by molar-refractivity contribution is -0.138. The number of nitrogens with zero attached hydrogens (tertiary/aromatic N) is 2. The summed E-state index contributed by atoms with van der Waals surface area (Å²) in [4.78, 5) is 14.9. The van der Waals surface area contributed by atoms with Crippen LogP contribution in [0.1, 0.15) is 25.5 Å². The van der Waals surface area contributed by atoms with Gasteiger partial charge in [0, 0.05) is 36.1 Å². The lowest BCUT2D eigenvalue weighted by Gasteiger charge is -2.27. The van der Waals surface area contributed by atoms with Crippen LogP contribution in [0.25, 0.3) is 5.69 Å². The monoisotopic (exact) mass is 382 g/mol. The predicted molar refractivity (Wildman–Crippen MR) is 109 cm³/mol. The molecule has 0 aliphatic heterocycles. The molecule has 140 valence electrons.